The SMILES string of the molecule is COc1cc(Cl)c(C)cc1NC(=O)C(=O)N1CCN(c2cccc(Cl)c2)CC1. The predicted octanol–water partition coefficient (Wildman–Crippen LogP) is 3.60. The van der Waals surface area contributed by atoms with Crippen molar-refractivity contribution in [2.24, 2.45) is 0 Å². The third kappa shape index (κ3) is 4.51. The Morgan fingerprint density at radius 3 is 2.43 bits per heavy atom. The first-order valence-corrected chi connectivity index (χ1v) is 9.59. The Morgan fingerprint density at radius 1 is 1.07 bits per heavy atom. The molecule has 0 unspecified atom stereocenters. The number of carbonyl (C=O) groups is 2. The van der Waals surface area contributed by atoms with E-state index in [-0.39, 0.29) is 0 Å². The first kappa shape index (κ1) is 20.3. The number of carbonyl (C=O) groups excluding carboxylic acids is 2. The summed E-state index contributed by atoms with van der Waals surface area (Å²) in [5.74, 6) is -0.862. The molecule has 0 aromatic heterocycles. The standard InChI is InChI=1S/C20H21Cl2N3O3/c1-13-10-17(18(28-2)12-16(13)22)23-19(26)20(27)25-8-6-24(7-9-25)15-5-3-4-14(21)11-15/h3-5,10-12H,6-9H2,1-2H3,(H,23,26). The highest BCUT2D eigenvalue weighted by Gasteiger charge is 2.27. The van der Waals surface area contributed by atoms with Crippen LogP contribution < -0.4 is 15.0 Å². The molecule has 1 aliphatic heterocycles. The first-order chi connectivity index (χ1) is 13.4. The second kappa shape index (κ2) is 8.71. The summed E-state index contributed by atoms with van der Waals surface area (Å²) in [6, 6.07) is 10.9. The van der Waals surface area contributed by atoms with Crippen molar-refractivity contribution in [1.82, 2.24) is 4.90 Å². The van der Waals surface area contributed by atoms with Crippen LogP contribution in [-0.2, 0) is 9.59 Å². The van der Waals surface area contributed by atoms with Crippen molar-refractivity contribution in [3.05, 3.63) is 52.0 Å². The average molecular weight is 422 g/mol. The van der Waals surface area contributed by atoms with Gasteiger partial charge in [0.2, 0.25) is 0 Å². The van der Waals surface area contributed by atoms with Crippen LogP contribution >= 0.6 is 23.2 Å². The summed E-state index contributed by atoms with van der Waals surface area (Å²) in [5.41, 5.74) is 2.20. The minimum Gasteiger partial charge on any atom is -0.495 e. The fraction of sp³-hybridized carbons (Fsp3) is 0.300. The number of hydrogen-bond donors (Lipinski definition) is 1. The molecule has 2 aromatic carbocycles. The Morgan fingerprint density at radius 2 is 1.79 bits per heavy atom. The number of aryl methyl sites for hydroxylation is 1. The van der Waals surface area contributed by atoms with Crippen molar-refractivity contribution >= 4 is 46.4 Å². The van der Waals surface area contributed by atoms with E-state index in [1.54, 1.807) is 17.0 Å². The number of amides is 2. The number of methoxy groups -OCH3 is 1. The van der Waals surface area contributed by atoms with Crippen LogP contribution in [0.25, 0.3) is 0 Å². The van der Waals surface area contributed by atoms with Gasteiger partial charge >= 0.3 is 11.8 Å². The van der Waals surface area contributed by atoms with Gasteiger partial charge in [-0.1, -0.05) is 29.3 Å². The maximum absolute atomic E-state index is 12.6. The third-order valence-corrected chi connectivity index (χ3v) is 5.31. The molecule has 1 heterocycles. The lowest BCUT2D eigenvalue weighted by molar-refractivity contribution is -0.143. The van der Waals surface area contributed by atoms with Gasteiger partial charge in [-0.05, 0) is 36.8 Å². The van der Waals surface area contributed by atoms with Crippen molar-refractivity contribution in [3.8, 4) is 5.75 Å². The van der Waals surface area contributed by atoms with Crippen LogP contribution in [0.5, 0.6) is 5.75 Å². The van der Waals surface area contributed by atoms with Gasteiger partial charge in [0.1, 0.15) is 5.75 Å². The maximum atomic E-state index is 12.6. The Bertz CT molecular complexity index is 896. The molecule has 1 saturated heterocycles. The number of anilines is 2. The lowest BCUT2D eigenvalue weighted by atomic mass is 10.2. The van der Waals surface area contributed by atoms with Crippen molar-refractivity contribution in [2.45, 2.75) is 6.92 Å². The summed E-state index contributed by atoms with van der Waals surface area (Å²) in [4.78, 5) is 28.7. The fourth-order valence-corrected chi connectivity index (χ4v) is 3.43. The van der Waals surface area contributed by atoms with Crippen molar-refractivity contribution in [2.75, 3.05) is 43.5 Å². The molecule has 0 atom stereocenters. The molecule has 0 radical (unpaired) electrons. The van der Waals surface area contributed by atoms with Crippen LogP contribution in [0, 0.1) is 6.92 Å². The lowest BCUT2D eigenvalue weighted by Gasteiger charge is -2.35. The van der Waals surface area contributed by atoms with Crippen LogP contribution in [0.3, 0.4) is 0 Å². The zero-order chi connectivity index (χ0) is 20.3. The van der Waals surface area contributed by atoms with Gasteiger partial charge in [-0.3, -0.25) is 9.59 Å². The van der Waals surface area contributed by atoms with E-state index in [0.717, 1.165) is 11.3 Å². The highest BCUT2D eigenvalue weighted by atomic mass is 35.5. The Hall–Kier alpha value is -2.44. The van der Waals surface area contributed by atoms with Crippen molar-refractivity contribution < 1.29 is 14.3 Å². The largest absolute Gasteiger partial charge is 0.495 e. The molecule has 28 heavy (non-hydrogen) atoms. The van der Waals surface area contributed by atoms with Crippen molar-refractivity contribution in [1.29, 1.82) is 0 Å². The van der Waals surface area contributed by atoms with Crippen LogP contribution in [-0.4, -0.2) is 50.0 Å². The number of halogens is 2. The number of nitrogens with zero attached hydrogens (tertiary/aromatic N) is 2. The molecule has 6 nitrogen and oxygen atoms in total. The molecule has 0 aliphatic carbocycles. The second-order valence-corrected chi connectivity index (χ2v) is 7.36. The molecular weight excluding hydrogens is 401 g/mol. The van der Waals surface area contributed by atoms with E-state index in [4.69, 9.17) is 27.9 Å². The third-order valence-electron chi connectivity index (χ3n) is 4.66. The van der Waals surface area contributed by atoms with Gasteiger partial charge in [-0.15, -0.1) is 0 Å². The fourth-order valence-electron chi connectivity index (χ4n) is 3.09. The molecular formula is C20H21Cl2N3O3. The molecule has 1 N–H and O–H groups in total. The summed E-state index contributed by atoms with van der Waals surface area (Å²) in [5, 5.41) is 3.83. The number of hydrogen-bond acceptors (Lipinski definition) is 4. The minimum atomic E-state index is -0.698. The summed E-state index contributed by atoms with van der Waals surface area (Å²) < 4.78 is 5.24. The van der Waals surface area contributed by atoms with Gasteiger partial charge in [0.25, 0.3) is 0 Å². The van der Waals surface area contributed by atoms with Crippen molar-refractivity contribution in [3.63, 3.8) is 0 Å². The van der Waals surface area contributed by atoms with E-state index in [1.165, 1.54) is 7.11 Å². The van der Waals surface area contributed by atoms with Crippen LogP contribution in [0.15, 0.2) is 36.4 Å². The average Bonchev–Trinajstić information content (AvgIpc) is 2.70. The summed E-state index contributed by atoms with van der Waals surface area (Å²) >= 11 is 12.1. The molecule has 1 aliphatic rings. The van der Waals surface area contributed by atoms with Gasteiger partial charge < -0.3 is 19.9 Å². The highest BCUT2D eigenvalue weighted by molar-refractivity contribution is 6.40. The van der Waals surface area contributed by atoms with E-state index in [0.29, 0.717) is 47.7 Å². The molecule has 1 fully saturated rings. The Labute approximate surface area is 174 Å². The number of benzene rings is 2. The second-order valence-electron chi connectivity index (χ2n) is 6.51. The molecule has 2 aromatic rings. The number of rotatable bonds is 3. The normalized spacial score (nSPS) is 14.0. The van der Waals surface area contributed by atoms with E-state index >= 15 is 0 Å². The molecule has 0 bridgehead atoms. The monoisotopic (exact) mass is 421 g/mol. The number of ether oxygens (including phenoxy) is 1. The summed E-state index contributed by atoms with van der Waals surface area (Å²) in [6.07, 6.45) is 0. The van der Waals surface area contributed by atoms with Gasteiger partial charge in [-0.2, -0.15) is 0 Å². The summed E-state index contributed by atoms with van der Waals surface area (Å²) in [7, 11) is 1.48. The maximum Gasteiger partial charge on any atom is 0.314 e. The molecule has 148 valence electrons. The van der Waals surface area contributed by atoms with E-state index in [2.05, 4.69) is 10.2 Å². The first-order valence-electron chi connectivity index (χ1n) is 8.84. The van der Waals surface area contributed by atoms with E-state index in [9.17, 15) is 9.59 Å². The molecule has 2 amide bonds. The van der Waals surface area contributed by atoms with Gasteiger partial charge in [0.15, 0.2) is 0 Å². The predicted molar refractivity (Wildman–Crippen MR) is 112 cm³/mol. The van der Waals surface area contributed by atoms with Crippen LogP contribution in [0.1, 0.15) is 5.56 Å². The van der Waals surface area contributed by atoms with E-state index < -0.39 is 11.8 Å². The Kier molecular flexibility index (Phi) is 6.31. The smallest absolute Gasteiger partial charge is 0.314 e. The molecule has 3 rings (SSSR count). The molecule has 0 saturated carbocycles. The topological polar surface area (TPSA) is 61.9 Å². The Balaban J connectivity index is 1.62. The van der Waals surface area contributed by atoms with Crippen LogP contribution in [0.2, 0.25) is 10.0 Å². The quantitative estimate of drug-likeness (QED) is 0.768. The molecule has 0 spiro atoms. The van der Waals surface area contributed by atoms with Gasteiger partial charge in [-0.25, -0.2) is 0 Å². The highest BCUT2D eigenvalue weighted by Crippen LogP contribution is 2.31. The molecule has 8 heteroatoms. The van der Waals surface area contributed by atoms with Gasteiger partial charge in [0.05, 0.1) is 12.8 Å². The number of piperazine rings is 1. The number of nitrogens with one attached hydrogen (secondary N) is 1. The van der Waals surface area contributed by atoms with E-state index in [1.807, 2.05) is 31.2 Å². The minimum absolute atomic E-state index is 0.405. The summed E-state index contributed by atoms with van der Waals surface area (Å²) in [6.45, 7) is 3.98. The van der Waals surface area contributed by atoms with Crippen LogP contribution in [0.4, 0.5) is 11.4 Å². The zero-order valence-corrected chi connectivity index (χ0v) is 17.2. The lowest BCUT2D eigenvalue weighted by Crippen LogP contribution is -2.51. The zero-order valence-electron chi connectivity index (χ0n) is 15.7. The van der Waals surface area contributed by atoms with Gasteiger partial charge in [0, 0.05) is 48.0 Å².